The molecule has 0 aliphatic carbocycles. The highest BCUT2D eigenvalue weighted by Crippen LogP contribution is 2.24. The summed E-state index contributed by atoms with van der Waals surface area (Å²) >= 11 is 0. The lowest BCUT2D eigenvalue weighted by molar-refractivity contribution is 0.340. The fraction of sp³-hybridized carbons (Fsp3) is 0.474. The minimum absolute atomic E-state index is 0.676. The number of nitrogens with one attached hydrogen (secondary N) is 1. The summed E-state index contributed by atoms with van der Waals surface area (Å²) in [6.45, 7) is 9.06. The van der Waals surface area contributed by atoms with E-state index < -0.39 is 0 Å². The van der Waals surface area contributed by atoms with Gasteiger partial charge in [-0.05, 0) is 56.9 Å². The Morgan fingerprint density at radius 2 is 1.88 bits per heavy atom. The average molecular weight is 326 g/mol. The number of aromatic nitrogens is 2. The van der Waals surface area contributed by atoms with Crippen molar-refractivity contribution in [1.29, 1.82) is 0 Å². The zero-order chi connectivity index (χ0) is 16.9. The van der Waals surface area contributed by atoms with Gasteiger partial charge >= 0.3 is 0 Å². The van der Waals surface area contributed by atoms with Gasteiger partial charge in [0, 0.05) is 30.5 Å². The maximum atomic E-state index is 5.48. The lowest BCUT2D eigenvalue weighted by atomic mass is 10.00. The van der Waals surface area contributed by atoms with Gasteiger partial charge in [-0.2, -0.15) is 4.98 Å². The summed E-state index contributed by atoms with van der Waals surface area (Å²) in [4.78, 5) is 11.6. The van der Waals surface area contributed by atoms with Crippen LogP contribution in [-0.2, 0) is 0 Å². The van der Waals surface area contributed by atoms with E-state index in [0.29, 0.717) is 6.61 Å². The summed E-state index contributed by atoms with van der Waals surface area (Å²) in [5.74, 6) is 3.34. The Balaban J connectivity index is 1.73. The summed E-state index contributed by atoms with van der Waals surface area (Å²) in [7, 11) is 0. The average Bonchev–Trinajstić information content (AvgIpc) is 2.57. The van der Waals surface area contributed by atoms with E-state index in [-0.39, 0.29) is 0 Å². The van der Waals surface area contributed by atoms with Crippen molar-refractivity contribution in [2.45, 2.75) is 33.6 Å². The smallest absolute Gasteiger partial charge is 0.227 e. The van der Waals surface area contributed by atoms with Crippen LogP contribution in [0.25, 0.3) is 0 Å². The first-order valence-corrected chi connectivity index (χ1v) is 8.74. The first-order valence-electron chi connectivity index (χ1n) is 8.74. The third kappa shape index (κ3) is 4.16. The van der Waals surface area contributed by atoms with E-state index in [1.165, 1.54) is 12.8 Å². The van der Waals surface area contributed by atoms with Crippen LogP contribution in [0.1, 0.15) is 32.4 Å². The predicted octanol–water partition coefficient (Wildman–Crippen LogP) is 4.16. The van der Waals surface area contributed by atoms with Gasteiger partial charge in [0.2, 0.25) is 5.95 Å². The Labute approximate surface area is 144 Å². The standard InChI is InChI=1S/C19H26N4O/c1-4-24-17-7-5-16(6-8-17)21-18-13-15(3)20-19(22-18)23-11-9-14(2)10-12-23/h5-8,13-14H,4,9-12H2,1-3H3,(H,20,21,22). The summed E-state index contributed by atoms with van der Waals surface area (Å²) in [5.41, 5.74) is 1.97. The molecule has 2 aromatic rings. The van der Waals surface area contributed by atoms with Crippen LogP contribution in [0.4, 0.5) is 17.5 Å². The molecule has 128 valence electrons. The first-order chi connectivity index (χ1) is 11.6. The van der Waals surface area contributed by atoms with Gasteiger partial charge < -0.3 is 15.0 Å². The molecule has 0 saturated carbocycles. The van der Waals surface area contributed by atoms with Crippen molar-refractivity contribution in [3.63, 3.8) is 0 Å². The second-order valence-electron chi connectivity index (χ2n) is 6.45. The van der Waals surface area contributed by atoms with E-state index in [0.717, 1.165) is 47.9 Å². The van der Waals surface area contributed by atoms with Crippen molar-refractivity contribution >= 4 is 17.5 Å². The number of piperidine rings is 1. The summed E-state index contributed by atoms with van der Waals surface area (Å²) in [6.07, 6.45) is 2.41. The molecular weight excluding hydrogens is 300 g/mol. The molecule has 0 radical (unpaired) electrons. The first kappa shape index (κ1) is 16.6. The predicted molar refractivity (Wildman–Crippen MR) is 98.3 cm³/mol. The molecule has 24 heavy (non-hydrogen) atoms. The third-order valence-corrected chi connectivity index (χ3v) is 4.35. The number of anilines is 3. The molecule has 0 bridgehead atoms. The molecule has 1 aliphatic rings. The van der Waals surface area contributed by atoms with Gasteiger partial charge in [0.1, 0.15) is 11.6 Å². The Morgan fingerprint density at radius 3 is 2.54 bits per heavy atom. The number of nitrogens with zero attached hydrogens (tertiary/aromatic N) is 3. The van der Waals surface area contributed by atoms with Crippen LogP contribution in [0.3, 0.4) is 0 Å². The molecule has 2 heterocycles. The third-order valence-electron chi connectivity index (χ3n) is 4.35. The molecule has 1 aromatic carbocycles. The van der Waals surface area contributed by atoms with Crippen molar-refractivity contribution in [3.05, 3.63) is 36.0 Å². The van der Waals surface area contributed by atoms with E-state index in [1.807, 2.05) is 44.2 Å². The lowest BCUT2D eigenvalue weighted by Crippen LogP contribution is -2.34. The van der Waals surface area contributed by atoms with Crippen LogP contribution in [-0.4, -0.2) is 29.7 Å². The van der Waals surface area contributed by atoms with Gasteiger partial charge in [-0.25, -0.2) is 4.98 Å². The van der Waals surface area contributed by atoms with Gasteiger partial charge in [-0.3, -0.25) is 0 Å². The van der Waals surface area contributed by atoms with Gasteiger partial charge in [-0.15, -0.1) is 0 Å². The summed E-state index contributed by atoms with van der Waals surface area (Å²) < 4.78 is 5.48. The molecule has 5 nitrogen and oxygen atoms in total. The molecule has 1 aliphatic heterocycles. The fourth-order valence-corrected chi connectivity index (χ4v) is 2.92. The number of hydrogen-bond acceptors (Lipinski definition) is 5. The Kier molecular flexibility index (Phi) is 5.18. The molecular formula is C19H26N4O. The van der Waals surface area contributed by atoms with Gasteiger partial charge in [0.05, 0.1) is 6.61 Å². The maximum absolute atomic E-state index is 5.48. The number of rotatable bonds is 5. The number of ether oxygens (including phenoxy) is 1. The Hall–Kier alpha value is -2.30. The van der Waals surface area contributed by atoms with Crippen molar-refractivity contribution < 1.29 is 4.74 Å². The molecule has 0 atom stereocenters. The largest absolute Gasteiger partial charge is 0.494 e. The second kappa shape index (κ2) is 7.51. The van der Waals surface area contributed by atoms with E-state index in [1.54, 1.807) is 0 Å². The number of hydrogen-bond donors (Lipinski definition) is 1. The molecule has 1 fully saturated rings. The SMILES string of the molecule is CCOc1ccc(Nc2cc(C)nc(N3CCC(C)CC3)n2)cc1. The van der Waals surface area contributed by atoms with Gasteiger partial charge in [0.25, 0.3) is 0 Å². The van der Waals surface area contributed by atoms with Crippen molar-refractivity contribution in [3.8, 4) is 5.75 Å². The van der Waals surface area contributed by atoms with Crippen molar-refractivity contribution in [1.82, 2.24) is 9.97 Å². The fourth-order valence-electron chi connectivity index (χ4n) is 2.92. The van der Waals surface area contributed by atoms with Gasteiger partial charge in [0.15, 0.2) is 0 Å². The zero-order valence-electron chi connectivity index (χ0n) is 14.7. The molecule has 0 unspecified atom stereocenters. The lowest BCUT2D eigenvalue weighted by Gasteiger charge is -2.30. The quantitative estimate of drug-likeness (QED) is 0.894. The normalized spacial score (nSPS) is 15.4. The van der Waals surface area contributed by atoms with Crippen LogP contribution >= 0.6 is 0 Å². The highest BCUT2D eigenvalue weighted by atomic mass is 16.5. The van der Waals surface area contributed by atoms with Crippen LogP contribution in [0.5, 0.6) is 5.75 Å². The van der Waals surface area contributed by atoms with Crippen LogP contribution in [0, 0.1) is 12.8 Å². The Bertz CT molecular complexity index is 664. The molecule has 3 rings (SSSR count). The van der Waals surface area contributed by atoms with Crippen molar-refractivity contribution in [2.75, 3.05) is 29.9 Å². The van der Waals surface area contributed by atoms with E-state index in [4.69, 9.17) is 9.72 Å². The Morgan fingerprint density at radius 1 is 1.17 bits per heavy atom. The summed E-state index contributed by atoms with van der Waals surface area (Å²) in [6, 6.07) is 9.92. The molecule has 1 saturated heterocycles. The molecule has 1 N–H and O–H groups in total. The number of benzene rings is 1. The highest BCUT2D eigenvalue weighted by Gasteiger charge is 2.18. The molecule has 0 amide bonds. The molecule has 1 aromatic heterocycles. The van der Waals surface area contributed by atoms with Gasteiger partial charge in [-0.1, -0.05) is 6.92 Å². The highest BCUT2D eigenvalue weighted by molar-refractivity contribution is 5.58. The second-order valence-corrected chi connectivity index (χ2v) is 6.45. The maximum Gasteiger partial charge on any atom is 0.227 e. The van der Waals surface area contributed by atoms with E-state index in [2.05, 4.69) is 22.1 Å². The van der Waals surface area contributed by atoms with E-state index >= 15 is 0 Å². The van der Waals surface area contributed by atoms with Crippen LogP contribution in [0.2, 0.25) is 0 Å². The van der Waals surface area contributed by atoms with Crippen molar-refractivity contribution in [2.24, 2.45) is 5.92 Å². The monoisotopic (exact) mass is 326 g/mol. The molecule has 5 heteroatoms. The van der Waals surface area contributed by atoms with Crippen LogP contribution in [0.15, 0.2) is 30.3 Å². The minimum atomic E-state index is 0.676. The van der Waals surface area contributed by atoms with Crippen LogP contribution < -0.4 is 15.0 Å². The zero-order valence-corrected chi connectivity index (χ0v) is 14.7. The number of aryl methyl sites for hydroxylation is 1. The van der Waals surface area contributed by atoms with E-state index in [9.17, 15) is 0 Å². The topological polar surface area (TPSA) is 50.3 Å². The molecule has 0 spiro atoms. The summed E-state index contributed by atoms with van der Waals surface area (Å²) in [5, 5.41) is 3.37. The minimum Gasteiger partial charge on any atom is -0.494 e.